The Morgan fingerprint density at radius 3 is 2.59 bits per heavy atom. The molecule has 0 radical (unpaired) electrons. The first kappa shape index (κ1) is 16.0. The molecule has 2 atom stereocenters. The van der Waals surface area contributed by atoms with Crippen LogP contribution < -0.4 is 0 Å². The molecule has 0 spiro atoms. The molecule has 1 aliphatic rings. The Kier molecular flexibility index (Phi) is 4.47. The summed E-state index contributed by atoms with van der Waals surface area (Å²) >= 11 is 0. The van der Waals surface area contributed by atoms with Gasteiger partial charge in [0.05, 0.1) is 13.2 Å². The lowest BCUT2D eigenvalue weighted by Gasteiger charge is -2.34. The van der Waals surface area contributed by atoms with Crippen LogP contribution in [0, 0.1) is 0 Å². The van der Waals surface area contributed by atoms with Crippen molar-refractivity contribution in [2.24, 2.45) is 0 Å². The number of aliphatic hydroxyl groups excluding tert-OH is 1. The van der Waals surface area contributed by atoms with Crippen molar-refractivity contribution in [3.05, 3.63) is 53.7 Å². The molecule has 2 rings (SSSR count). The van der Waals surface area contributed by atoms with Gasteiger partial charge >= 0.3 is 5.97 Å². The highest BCUT2D eigenvalue weighted by molar-refractivity contribution is 5.85. The molecule has 1 aromatic carbocycles. The number of rotatable bonds is 5. The van der Waals surface area contributed by atoms with Gasteiger partial charge in [-0.3, -0.25) is 0 Å². The second-order valence-corrected chi connectivity index (χ2v) is 5.15. The van der Waals surface area contributed by atoms with Gasteiger partial charge in [-0.1, -0.05) is 36.9 Å². The third kappa shape index (κ3) is 2.44. The minimum Gasteiger partial charge on any atom is -0.479 e. The van der Waals surface area contributed by atoms with Gasteiger partial charge in [0.25, 0.3) is 0 Å². The van der Waals surface area contributed by atoms with E-state index in [-0.39, 0.29) is 24.5 Å². The number of likely N-dealkylation sites (N-methyl/N-ethyl adjacent to an activating group) is 1. The van der Waals surface area contributed by atoms with Crippen LogP contribution in [0.15, 0.2) is 48.2 Å². The van der Waals surface area contributed by atoms with Gasteiger partial charge in [0.15, 0.2) is 11.5 Å². The molecule has 1 aliphatic heterocycles. The van der Waals surface area contributed by atoms with Crippen LogP contribution in [0.3, 0.4) is 0 Å². The monoisotopic (exact) mass is 303 g/mol. The number of benzene rings is 1. The summed E-state index contributed by atoms with van der Waals surface area (Å²) in [6, 6.07) is 9.24. The molecule has 22 heavy (non-hydrogen) atoms. The van der Waals surface area contributed by atoms with Crippen molar-refractivity contribution in [3.63, 3.8) is 0 Å². The van der Waals surface area contributed by atoms with Crippen LogP contribution in [0.2, 0.25) is 0 Å². The van der Waals surface area contributed by atoms with Gasteiger partial charge in [-0.25, -0.2) is 9.59 Å². The van der Waals surface area contributed by atoms with E-state index in [1.54, 1.807) is 5.94 Å². The van der Waals surface area contributed by atoms with Gasteiger partial charge in [0.1, 0.15) is 11.8 Å². The number of likely N-dealkylation sites (tertiary alicyclic amines) is 1. The van der Waals surface area contributed by atoms with E-state index in [0.29, 0.717) is 0 Å². The summed E-state index contributed by atoms with van der Waals surface area (Å²) in [4.78, 5) is 23.9. The lowest BCUT2D eigenvalue weighted by molar-refractivity contribution is -0.158. The molecular weight excluding hydrogens is 286 g/mol. The Labute approximate surface area is 127 Å². The maximum Gasteiger partial charge on any atom is 0.335 e. The molecule has 1 fully saturated rings. The van der Waals surface area contributed by atoms with Crippen LogP contribution in [0.1, 0.15) is 5.56 Å². The average Bonchev–Trinajstić information content (AvgIpc) is 2.69. The highest BCUT2D eigenvalue weighted by atomic mass is 16.5. The number of carboxylic acids is 1. The van der Waals surface area contributed by atoms with E-state index in [1.807, 2.05) is 30.3 Å². The van der Waals surface area contributed by atoms with E-state index in [9.17, 15) is 19.8 Å². The Hall–Kier alpha value is -2.40. The van der Waals surface area contributed by atoms with Crippen molar-refractivity contribution in [3.8, 4) is 0 Å². The molecule has 1 aromatic rings. The number of ether oxygens (including phenoxy) is 1. The lowest BCUT2D eigenvalue weighted by Crippen LogP contribution is -2.58. The number of aliphatic carboxylic acids is 1. The predicted octanol–water partition coefficient (Wildman–Crippen LogP) is 0.605. The molecule has 2 N–H and O–H groups in total. The molecule has 0 amide bonds. The lowest BCUT2D eigenvalue weighted by atomic mass is 9.92. The number of hydrogen-bond donors (Lipinski definition) is 2. The number of carboxylic acid groups (broad SMARTS) is 1. The van der Waals surface area contributed by atoms with Crippen LogP contribution in [0.4, 0.5) is 0 Å². The van der Waals surface area contributed by atoms with Crippen molar-refractivity contribution in [1.29, 1.82) is 0 Å². The van der Waals surface area contributed by atoms with Crippen LogP contribution in [-0.4, -0.2) is 52.3 Å². The van der Waals surface area contributed by atoms with E-state index in [2.05, 4.69) is 6.58 Å². The zero-order valence-electron chi connectivity index (χ0n) is 12.2. The Morgan fingerprint density at radius 2 is 2.09 bits per heavy atom. The molecule has 116 valence electrons. The molecule has 1 saturated heterocycles. The quantitative estimate of drug-likeness (QED) is 0.775. The third-order valence-electron chi connectivity index (χ3n) is 3.92. The maximum absolute atomic E-state index is 11.7. The summed E-state index contributed by atoms with van der Waals surface area (Å²) < 4.78 is 5.48. The maximum atomic E-state index is 11.7. The van der Waals surface area contributed by atoms with Gasteiger partial charge in [-0.2, -0.15) is 0 Å². The fraction of sp³-hybridized carbons (Fsp3) is 0.312. The van der Waals surface area contributed by atoms with E-state index >= 15 is 0 Å². The van der Waals surface area contributed by atoms with Gasteiger partial charge in [0.2, 0.25) is 0 Å². The SMILES string of the molecule is C=C1C(=C=O)N(C)C(COCc2ccccc2)(C(=O)O)C1O. The fourth-order valence-electron chi connectivity index (χ4n) is 2.55. The largest absolute Gasteiger partial charge is 0.479 e. The Balaban J connectivity index is 2.21. The van der Waals surface area contributed by atoms with Gasteiger partial charge in [0, 0.05) is 12.6 Å². The van der Waals surface area contributed by atoms with E-state index in [4.69, 9.17) is 4.74 Å². The number of hydrogen-bond acceptors (Lipinski definition) is 5. The van der Waals surface area contributed by atoms with E-state index in [1.165, 1.54) is 11.9 Å². The number of nitrogens with zero attached hydrogens (tertiary/aromatic N) is 1. The van der Waals surface area contributed by atoms with Gasteiger partial charge in [-0.15, -0.1) is 0 Å². The van der Waals surface area contributed by atoms with Gasteiger partial charge in [-0.05, 0) is 5.56 Å². The molecule has 6 nitrogen and oxygen atoms in total. The van der Waals surface area contributed by atoms with Crippen LogP contribution >= 0.6 is 0 Å². The second kappa shape index (κ2) is 6.15. The third-order valence-corrected chi connectivity index (χ3v) is 3.92. The van der Waals surface area contributed by atoms with Crippen LogP contribution in [-0.2, 0) is 20.9 Å². The zero-order valence-corrected chi connectivity index (χ0v) is 12.2. The topological polar surface area (TPSA) is 87.1 Å². The predicted molar refractivity (Wildman–Crippen MR) is 78.6 cm³/mol. The average molecular weight is 303 g/mol. The summed E-state index contributed by atoms with van der Waals surface area (Å²) in [6.07, 6.45) is -1.44. The standard InChI is InChI=1S/C16H17NO5/c1-11-13(8-18)17(2)16(14(11)19,15(20)21)10-22-9-12-6-4-3-5-7-12/h3-7,14,19H,1,9-10H2,2H3,(H,20,21). The van der Waals surface area contributed by atoms with E-state index < -0.39 is 17.6 Å². The normalized spacial score (nSPS) is 24.5. The van der Waals surface area contributed by atoms with Crippen molar-refractivity contribution in [2.75, 3.05) is 13.7 Å². The first-order chi connectivity index (χ1) is 10.4. The first-order valence-electron chi connectivity index (χ1n) is 6.66. The number of aliphatic hydroxyl groups is 1. The molecule has 0 aliphatic carbocycles. The molecule has 0 saturated carbocycles. The molecule has 2 unspecified atom stereocenters. The summed E-state index contributed by atoms with van der Waals surface area (Å²) in [5, 5.41) is 19.8. The van der Waals surface area contributed by atoms with Crippen molar-refractivity contribution < 1.29 is 24.5 Å². The van der Waals surface area contributed by atoms with Crippen LogP contribution in [0.25, 0.3) is 0 Å². The van der Waals surface area contributed by atoms with Crippen molar-refractivity contribution in [1.82, 2.24) is 4.90 Å². The minimum atomic E-state index is -1.78. The highest BCUT2D eigenvalue weighted by Gasteiger charge is 2.57. The zero-order chi connectivity index (χ0) is 16.3. The molecule has 0 bridgehead atoms. The minimum absolute atomic E-state index is 0.0308. The molecule has 1 heterocycles. The molecule has 0 aromatic heterocycles. The van der Waals surface area contributed by atoms with Crippen molar-refractivity contribution >= 4 is 11.9 Å². The summed E-state index contributed by atoms with van der Waals surface area (Å²) in [7, 11) is 1.40. The second-order valence-electron chi connectivity index (χ2n) is 5.15. The molecular formula is C16H17NO5. The number of carbonyl (C=O) groups excluding carboxylic acids is 1. The Morgan fingerprint density at radius 1 is 1.45 bits per heavy atom. The summed E-state index contributed by atoms with van der Waals surface area (Å²) in [6.45, 7) is 3.48. The fourth-order valence-corrected chi connectivity index (χ4v) is 2.55. The Bertz CT molecular complexity index is 635. The first-order valence-corrected chi connectivity index (χ1v) is 6.66. The van der Waals surface area contributed by atoms with Gasteiger partial charge < -0.3 is 19.8 Å². The summed E-state index contributed by atoms with van der Waals surface area (Å²) in [5.74, 6) is 0.336. The number of carbonyl (C=O) groups is 1. The molecule has 6 heteroatoms. The van der Waals surface area contributed by atoms with E-state index in [0.717, 1.165) is 5.56 Å². The van der Waals surface area contributed by atoms with Crippen molar-refractivity contribution in [2.45, 2.75) is 18.2 Å². The van der Waals surface area contributed by atoms with Crippen LogP contribution in [0.5, 0.6) is 0 Å². The highest BCUT2D eigenvalue weighted by Crippen LogP contribution is 2.38. The smallest absolute Gasteiger partial charge is 0.335 e. The summed E-state index contributed by atoms with van der Waals surface area (Å²) in [5.41, 5.74) is -0.928.